The molecule has 1 saturated heterocycles. The van der Waals surface area contributed by atoms with Gasteiger partial charge in [-0.05, 0) is 51.1 Å². The number of imidazole rings is 1. The van der Waals surface area contributed by atoms with E-state index in [9.17, 15) is 0 Å². The quantitative estimate of drug-likeness (QED) is 0.561. The third-order valence-corrected chi connectivity index (χ3v) is 6.03. The highest BCUT2D eigenvalue weighted by Gasteiger charge is 2.19. The first-order chi connectivity index (χ1) is 12.3. The lowest BCUT2D eigenvalue weighted by atomic mass is 9.99. The van der Waals surface area contributed by atoms with Crippen molar-refractivity contribution in [2.45, 2.75) is 25.7 Å². The van der Waals surface area contributed by atoms with E-state index in [-0.39, 0.29) is 12.4 Å². The van der Waals surface area contributed by atoms with Gasteiger partial charge in [-0.25, -0.2) is 9.97 Å². The maximum absolute atomic E-state index is 4.84. The molecule has 1 N–H and O–H groups in total. The lowest BCUT2D eigenvalue weighted by Gasteiger charge is -2.20. The summed E-state index contributed by atoms with van der Waals surface area (Å²) in [6.45, 7) is 4.19. The average Bonchev–Trinajstić information content (AvgIpc) is 3.23. The van der Waals surface area contributed by atoms with Crippen LogP contribution in [0.25, 0.3) is 27.1 Å². The lowest BCUT2D eigenvalue weighted by Crippen LogP contribution is -2.26. The number of fused-ring (bicyclic) bond motifs is 2. The van der Waals surface area contributed by atoms with Gasteiger partial charge < -0.3 is 9.72 Å². The summed E-state index contributed by atoms with van der Waals surface area (Å²) in [5.41, 5.74) is 5.09. The first-order valence-corrected chi connectivity index (χ1v) is 9.51. The van der Waals surface area contributed by atoms with Crippen molar-refractivity contribution in [2.75, 3.05) is 13.1 Å². The number of aryl methyl sites for hydroxylation is 1. The smallest absolute Gasteiger partial charge is 0.136 e. The van der Waals surface area contributed by atoms with Gasteiger partial charge in [0.05, 0.1) is 32.8 Å². The second-order valence-electron chi connectivity index (χ2n) is 6.68. The Hall–Kier alpha value is -2.02. The molecule has 1 fully saturated rings. The monoisotopic (exact) mass is 385 g/mol. The van der Waals surface area contributed by atoms with Crippen LogP contribution in [0.1, 0.15) is 29.5 Å². The van der Waals surface area contributed by atoms with E-state index < -0.39 is 0 Å². The van der Waals surface area contributed by atoms with Crippen LogP contribution in [0, 0.1) is 6.92 Å². The zero-order valence-corrected chi connectivity index (χ0v) is 16.1. The van der Waals surface area contributed by atoms with Crippen LogP contribution in [0.4, 0.5) is 0 Å². The number of rotatable bonds is 2. The van der Waals surface area contributed by atoms with E-state index in [0.29, 0.717) is 5.92 Å². The number of aromatic nitrogens is 4. The molecule has 0 spiro atoms. The van der Waals surface area contributed by atoms with Crippen molar-refractivity contribution in [3.05, 3.63) is 47.5 Å². The van der Waals surface area contributed by atoms with Gasteiger partial charge in [0.2, 0.25) is 0 Å². The van der Waals surface area contributed by atoms with Gasteiger partial charge in [-0.15, -0.1) is 23.7 Å². The molecule has 0 amide bonds. The summed E-state index contributed by atoms with van der Waals surface area (Å²) in [5.74, 6) is 0.590. The molecule has 0 atom stereocenters. The van der Waals surface area contributed by atoms with Gasteiger partial charge in [0.1, 0.15) is 5.65 Å². The Labute approximate surface area is 161 Å². The summed E-state index contributed by atoms with van der Waals surface area (Å²) in [6, 6.07) is 6.30. The number of hydrogen-bond donors (Lipinski definition) is 1. The van der Waals surface area contributed by atoms with Crippen molar-refractivity contribution in [3.63, 3.8) is 0 Å². The Bertz CT molecular complexity index is 1060. The molecule has 7 heteroatoms. The maximum Gasteiger partial charge on any atom is 0.136 e. The summed E-state index contributed by atoms with van der Waals surface area (Å²) in [7, 11) is 0. The maximum atomic E-state index is 4.84. The summed E-state index contributed by atoms with van der Waals surface area (Å²) in [4.78, 5) is 14.0. The molecule has 134 valence electrons. The lowest BCUT2D eigenvalue weighted by molar-refractivity contribution is 0.459. The second-order valence-corrected chi connectivity index (χ2v) is 7.74. The largest absolute Gasteiger partial charge is 0.317 e. The molecule has 1 aliphatic heterocycles. The standard InChI is InChI=1S/C19H19N5S.ClH/c1-12-10-24-11-14(2-3-18(24)22-12)15-8-17-16(9-21-15)23-19(25-17)13-4-6-20-7-5-13;/h2-3,8-11,13,20H,4-7H2,1H3;1H. The molecule has 5 nitrogen and oxygen atoms in total. The van der Waals surface area contributed by atoms with E-state index in [1.165, 1.54) is 22.5 Å². The van der Waals surface area contributed by atoms with E-state index in [1.807, 2.05) is 36.7 Å². The topological polar surface area (TPSA) is 55.1 Å². The number of nitrogens with one attached hydrogen (secondary N) is 1. The van der Waals surface area contributed by atoms with Crippen molar-refractivity contribution in [2.24, 2.45) is 0 Å². The van der Waals surface area contributed by atoms with Crippen LogP contribution in [0.5, 0.6) is 0 Å². The molecule has 1 aliphatic rings. The Kier molecular flexibility index (Phi) is 4.65. The van der Waals surface area contributed by atoms with Gasteiger partial charge in [-0.1, -0.05) is 0 Å². The molecular weight excluding hydrogens is 366 g/mol. The fourth-order valence-corrected chi connectivity index (χ4v) is 4.67. The number of piperidine rings is 1. The van der Waals surface area contributed by atoms with Gasteiger partial charge in [-0.3, -0.25) is 4.98 Å². The van der Waals surface area contributed by atoms with Crippen LogP contribution in [0.2, 0.25) is 0 Å². The van der Waals surface area contributed by atoms with Crippen LogP contribution >= 0.6 is 23.7 Å². The molecular formula is C19H20ClN5S. The highest BCUT2D eigenvalue weighted by atomic mass is 35.5. The molecule has 5 rings (SSSR count). The minimum Gasteiger partial charge on any atom is -0.317 e. The van der Waals surface area contributed by atoms with Crippen molar-refractivity contribution in [3.8, 4) is 11.3 Å². The molecule has 4 aromatic heterocycles. The van der Waals surface area contributed by atoms with Crippen molar-refractivity contribution in [1.29, 1.82) is 0 Å². The van der Waals surface area contributed by atoms with Crippen LogP contribution in [0.15, 0.2) is 36.8 Å². The van der Waals surface area contributed by atoms with E-state index in [4.69, 9.17) is 4.98 Å². The van der Waals surface area contributed by atoms with Crippen LogP contribution in [-0.4, -0.2) is 32.4 Å². The minimum absolute atomic E-state index is 0. The predicted octanol–water partition coefficient (Wildman–Crippen LogP) is 4.20. The highest BCUT2D eigenvalue weighted by molar-refractivity contribution is 7.18. The first kappa shape index (κ1) is 17.4. The number of thiazole rings is 1. The van der Waals surface area contributed by atoms with Crippen molar-refractivity contribution >= 4 is 39.6 Å². The predicted molar refractivity (Wildman–Crippen MR) is 108 cm³/mol. The first-order valence-electron chi connectivity index (χ1n) is 8.69. The fraction of sp³-hybridized carbons (Fsp3) is 0.316. The molecule has 0 saturated carbocycles. The second kappa shape index (κ2) is 6.95. The molecule has 0 aliphatic carbocycles. The molecule has 4 aromatic rings. The zero-order chi connectivity index (χ0) is 16.8. The van der Waals surface area contributed by atoms with Crippen molar-refractivity contribution in [1.82, 2.24) is 24.7 Å². The van der Waals surface area contributed by atoms with Gasteiger partial charge in [0.25, 0.3) is 0 Å². The molecule has 26 heavy (non-hydrogen) atoms. The SMILES string of the molecule is Cc1cn2cc(-c3cc4sc(C5CCNCC5)nc4cn3)ccc2n1.Cl. The van der Waals surface area contributed by atoms with Crippen molar-refractivity contribution < 1.29 is 0 Å². The van der Waals surface area contributed by atoms with Gasteiger partial charge in [0.15, 0.2) is 0 Å². The Morgan fingerprint density at radius 3 is 2.85 bits per heavy atom. The fourth-order valence-electron chi connectivity index (χ4n) is 3.52. The molecule has 0 aromatic carbocycles. The van der Waals surface area contributed by atoms with E-state index >= 15 is 0 Å². The summed E-state index contributed by atoms with van der Waals surface area (Å²) in [6.07, 6.45) is 8.40. The average molecular weight is 386 g/mol. The van der Waals surface area contributed by atoms with Gasteiger partial charge in [0, 0.05) is 23.9 Å². The third kappa shape index (κ3) is 3.09. The Morgan fingerprint density at radius 2 is 2.00 bits per heavy atom. The molecule has 0 unspecified atom stereocenters. The number of pyridine rings is 2. The summed E-state index contributed by atoms with van der Waals surface area (Å²) in [5, 5.41) is 4.68. The normalized spacial score (nSPS) is 15.4. The van der Waals surface area contributed by atoms with Crippen LogP contribution < -0.4 is 5.32 Å². The Balaban J connectivity index is 0.00000168. The molecule has 0 bridgehead atoms. The molecule has 5 heterocycles. The molecule has 0 radical (unpaired) electrons. The van der Waals surface area contributed by atoms with E-state index in [1.54, 1.807) is 0 Å². The zero-order valence-electron chi connectivity index (χ0n) is 14.5. The third-order valence-electron chi connectivity index (χ3n) is 4.85. The minimum atomic E-state index is 0. The highest BCUT2D eigenvalue weighted by Crippen LogP contribution is 2.33. The summed E-state index contributed by atoms with van der Waals surface area (Å²) >= 11 is 1.82. The van der Waals surface area contributed by atoms with Gasteiger partial charge in [-0.2, -0.15) is 0 Å². The van der Waals surface area contributed by atoms with Gasteiger partial charge >= 0.3 is 0 Å². The van der Waals surface area contributed by atoms with E-state index in [2.05, 4.69) is 38.0 Å². The number of halogens is 1. The van der Waals surface area contributed by atoms with Crippen LogP contribution in [0.3, 0.4) is 0 Å². The number of hydrogen-bond acceptors (Lipinski definition) is 5. The number of nitrogens with zero attached hydrogens (tertiary/aromatic N) is 4. The Morgan fingerprint density at radius 1 is 1.15 bits per heavy atom. The van der Waals surface area contributed by atoms with Crippen LogP contribution in [-0.2, 0) is 0 Å². The van der Waals surface area contributed by atoms with E-state index in [0.717, 1.165) is 41.2 Å². The summed E-state index contributed by atoms with van der Waals surface area (Å²) < 4.78 is 3.28.